The van der Waals surface area contributed by atoms with Gasteiger partial charge in [0.2, 0.25) is 0 Å². The summed E-state index contributed by atoms with van der Waals surface area (Å²) < 4.78 is 17.3. The van der Waals surface area contributed by atoms with Crippen molar-refractivity contribution in [3.8, 4) is 5.75 Å². The third-order valence-electron chi connectivity index (χ3n) is 6.39. The lowest BCUT2D eigenvalue weighted by Gasteiger charge is -2.35. The Morgan fingerprint density at radius 2 is 1.91 bits per heavy atom. The van der Waals surface area contributed by atoms with Crippen LogP contribution >= 0.6 is 0 Å². The molecule has 2 aromatic rings. The summed E-state index contributed by atoms with van der Waals surface area (Å²) in [6.45, 7) is 7.23. The molecule has 0 aliphatic carbocycles. The Bertz CT molecular complexity index is 887. The number of piperidine rings is 1. The molecule has 2 aromatic carbocycles. The average molecular weight is 440 g/mol. The molecular weight excluding hydrogens is 402 g/mol. The van der Waals surface area contributed by atoms with Crippen molar-refractivity contribution in [2.75, 3.05) is 40.0 Å². The van der Waals surface area contributed by atoms with Gasteiger partial charge in [-0.3, -0.25) is 0 Å². The summed E-state index contributed by atoms with van der Waals surface area (Å²) in [7, 11) is 1.70. The summed E-state index contributed by atoms with van der Waals surface area (Å²) in [5.41, 5.74) is 1.21. The summed E-state index contributed by atoms with van der Waals surface area (Å²) in [5, 5.41) is 5.87. The normalized spacial score (nSPS) is 20.5. The van der Waals surface area contributed by atoms with Gasteiger partial charge in [-0.1, -0.05) is 18.2 Å². The van der Waals surface area contributed by atoms with Gasteiger partial charge in [0.25, 0.3) is 0 Å². The lowest BCUT2D eigenvalue weighted by molar-refractivity contribution is -0.0721. The smallest absolute Gasteiger partial charge is 0.194 e. The minimum Gasteiger partial charge on any atom is -0.497 e. The van der Waals surface area contributed by atoms with E-state index in [9.17, 15) is 0 Å². The van der Waals surface area contributed by atoms with Crippen molar-refractivity contribution in [2.45, 2.75) is 57.8 Å². The van der Waals surface area contributed by atoms with Crippen molar-refractivity contribution in [1.82, 2.24) is 10.2 Å². The summed E-state index contributed by atoms with van der Waals surface area (Å²) in [6.07, 6.45) is 6.29. The van der Waals surface area contributed by atoms with Crippen molar-refractivity contribution in [1.29, 1.82) is 0 Å². The first-order valence-electron chi connectivity index (χ1n) is 12.1. The number of rotatable bonds is 7. The number of likely N-dealkylation sites (tertiary alicyclic amines) is 1. The van der Waals surface area contributed by atoms with Gasteiger partial charge in [-0.2, -0.15) is 0 Å². The van der Waals surface area contributed by atoms with Crippen LogP contribution in [0.3, 0.4) is 0 Å². The van der Waals surface area contributed by atoms with Crippen molar-refractivity contribution >= 4 is 16.7 Å². The number of nitrogens with zero attached hydrogens (tertiary/aromatic N) is 2. The number of nitrogens with one attached hydrogen (secondary N) is 1. The molecule has 6 heteroatoms. The predicted molar refractivity (Wildman–Crippen MR) is 129 cm³/mol. The van der Waals surface area contributed by atoms with E-state index in [-0.39, 0.29) is 0 Å². The number of aliphatic imine (C=N–C) groups is 1. The predicted octanol–water partition coefficient (Wildman–Crippen LogP) is 4.36. The van der Waals surface area contributed by atoms with Gasteiger partial charge in [0.1, 0.15) is 5.75 Å². The van der Waals surface area contributed by atoms with Gasteiger partial charge < -0.3 is 24.4 Å². The van der Waals surface area contributed by atoms with E-state index in [1.54, 1.807) is 7.11 Å². The summed E-state index contributed by atoms with van der Waals surface area (Å²) in [6, 6.07) is 12.7. The molecule has 0 spiro atoms. The van der Waals surface area contributed by atoms with Gasteiger partial charge in [0.05, 0.1) is 32.5 Å². The van der Waals surface area contributed by atoms with E-state index < -0.39 is 0 Å². The lowest BCUT2D eigenvalue weighted by Crippen LogP contribution is -2.47. The molecule has 0 amide bonds. The van der Waals surface area contributed by atoms with Gasteiger partial charge in [0, 0.05) is 26.2 Å². The number of methoxy groups -OCH3 is 1. The number of hydrogen-bond acceptors (Lipinski definition) is 4. The van der Waals surface area contributed by atoms with Crippen LogP contribution in [0.5, 0.6) is 5.75 Å². The van der Waals surface area contributed by atoms with Crippen molar-refractivity contribution in [3.63, 3.8) is 0 Å². The fourth-order valence-electron chi connectivity index (χ4n) is 4.51. The Labute approximate surface area is 191 Å². The van der Waals surface area contributed by atoms with Crippen molar-refractivity contribution < 1.29 is 14.2 Å². The molecule has 4 rings (SSSR count). The zero-order valence-electron chi connectivity index (χ0n) is 19.5. The summed E-state index contributed by atoms with van der Waals surface area (Å²) in [5.74, 6) is 1.88. The molecule has 32 heavy (non-hydrogen) atoms. The van der Waals surface area contributed by atoms with Gasteiger partial charge in [-0.15, -0.1) is 0 Å². The Morgan fingerprint density at radius 1 is 1.09 bits per heavy atom. The molecule has 2 aliphatic rings. The highest BCUT2D eigenvalue weighted by molar-refractivity contribution is 5.84. The van der Waals surface area contributed by atoms with Crippen LogP contribution in [0.2, 0.25) is 0 Å². The molecule has 0 aromatic heterocycles. The standard InChI is InChI=1S/C26H37N3O3/c1-3-27-26(28-18-20-7-8-22-17-24(30-2)10-9-21(22)16-20)29-13-11-23(12-14-29)32-19-25-6-4-5-15-31-25/h7-10,16-17,23,25H,3-6,11-15,18-19H2,1-2H3,(H,27,28). The second kappa shape index (κ2) is 11.5. The molecule has 2 heterocycles. The van der Waals surface area contributed by atoms with Crippen LogP contribution in [-0.2, 0) is 16.0 Å². The number of fused-ring (bicyclic) bond motifs is 1. The minimum atomic E-state index is 0.295. The molecule has 1 unspecified atom stereocenters. The van der Waals surface area contributed by atoms with Crippen LogP contribution in [0.4, 0.5) is 0 Å². The van der Waals surface area contributed by atoms with E-state index in [4.69, 9.17) is 19.2 Å². The lowest BCUT2D eigenvalue weighted by atomic mass is 10.1. The zero-order valence-corrected chi connectivity index (χ0v) is 19.5. The maximum atomic E-state index is 6.18. The maximum absolute atomic E-state index is 6.18. The molecular formula is C26H37N3O3. The van der Waals surface area contributed by atoms with Gasteiger partial charge in [-0.25, -0.2) is 4.99 Å². The average Bonchev–Trinajstić information content (AvgIpc) is 2.86. The highest BCUT2D eigenvalue weighted by atomic mass is 16.5. The quantitative estimate of drug-likeness (QED) is 0.513. The van der Waals surface area contributed by atoms with Crippen LogP contribution in [0.1, 0.15) is 44.6 Å². The van der Waals surface area contributed by atoms with Crippen LogP contribution < -0.4 is 10.1 Å². The Balaban J connectivity index is 1.31. The molecule has 174 valence electrons. The van der Waals surface area contributed by atoms with Crippen LogP contribution in [-0.4, -0.2) is 63.0 Å². The molecule has 2 saturated heterocycles. The molecule has 1 N–H and O–H groups in total. The summed E-state index contributed by atoms with van der Waals surface area (Å²) in [4.78, 5) is 7.31. The second-order valence-electron chi connectivity index (χ2n) is 8.73. The minimum absolute atomic E-state index is 0.295. The largest absolute Gasteiger partial charge is 0.497 e. The van der Waals surface area contributed by atoms with Gasteiger partial charge in [-0.05, 0) is 73.6 Å². The van der Waals surface area contributed by atoms with E-state index in [1.807, 2.05) is 6.07 Å². The fourth-order valence-corrected chi connectivity index (χ4v) is 4.51. The number of benzene rings is 2. The fraction of sp³-hybridized carbons (Fsp3) is 0.577. The van der Waals surface area contributed by atoms with E-state index >= 15 is 0 Å². The van der Waals surface area contributed by atoms with Crippen LogP contribution in [0, 0.1) is 0 Å². The Morgan fingerprint density at radius 3 is 2.66 bits per heavy atom. The molecule has 6 nitrogen and oxygen atoms in total. The molecule has 1 atom stereocenters. The van der Waals surface area contributed by atoms with Gasteiger partial charge in [0.15, 0.2) is 5.96 Å². The highest BCUT2D eigenvalue weighted by Crippen LogP contribution is 2.22. The number of hydrogen-bond donors (Lipinski definition) is 1. The van der Waals surface area contributed by atoms with E-state index in [0.717, 1.165) is 63.8 Å². The van der Waals surface area contributed by atoms with Crippen LogP contribution in [0.15, 0.2) is 41.4 Å². The van der Waals surface area contributed by atoms with Crippen molar-refractivity contribution in [2.24, 2.45) is 4.99 Å². The van der Waals surface area contributed by atoms with E-state index in [1.165, 1.54) is 29.2 Å². The first-order valence-corrected chi connectivity index (χ1v) is 12.1. The molecule has 2 fully saturated rings. The Kier molecular flexibility index (Phi) is 8.24. The molecule has 2 aliphatic heterocycles. The SMILES string of the molecule is CCNC(=NCc1ccc2cc(OC)ccc2c1)N1CCC(OCC2CCCCO2)CC1. The van der Waals surface area contributed by atoms with E-state index in [0.29, 0.717) is 18.8 Å². The monoisotopic (exact) mass is 439 g/mol. The van der Waals surface area contributed by atoms with E-state index in [2.05, 4.69) is 47.5 Å². The summed E-state index contributed by atoms with van der Waals surface area (Å²) >= 11 is 0. The van der Waals surface area contributed by atoms with Crippen LogP contribution in [0.25, 0.3) is 10.8 Å². The number of ether oxygens (including phenoxy) is 3. The van der Waals surface area contributed by atoms with Gasteiger partial charge >= 0.3 is 0 Å². The maximum Gasteiger partial charge on any atom is 0.194 e. The topological polar surface area (TPSA) is 55.3 Å². The third-order valence-corrected chi connectivity index (χ3v) is 6.39. The number of guanidine groups is 1. The molecule has 0 saturated carbocycles. The Hall–Kier alpha value is -2.31. The highest BCUT2D eigenvalue weighted by Gasteiger charge is 2.23. The van der Waals surface area contributed by atoms with Crippen molar-refractivity contribution in [3.05, 3.63) is 42.0 Å². The third kappa shape index (κ3) is 6.14. The second-order valence-corrected chi connectivity index (χ2v) is 8.73. The molecule has 0 bridgehead atoms. The first kappa shape index (κ1) is 22.9. The first-order chi connectivity index (χ1) is 15.7. The zero-order chi connectivity index (χ0) is 22.2. The molecule has 0 radical (unpaired) electrons.